The molecule has 3 fully saturated rings. The Morgan fingerprint density at radius 3 is 2.72 bits per heavy atom. The van der Waals surface area contributed by atoms with Gasteiger partial charge in [0.05, 0.1) is 36.7 Å². The van der Waals surface area contributed by atoms with Gasteiger partial charge in [-0.15, -0.1) is 0 Å². The molecule has 3 heterocycles. The van der Waals surface area contributed by atoms with Crippen LogP contribution < -0.4 is 9.80 Å². The number of fused-ring (bicyclic) bond motifs is 2. The molecule has 1 aromatic carbocycles. The third-order valence-electron chi connectivity index (χ3n) is 4.85. The lowest BCUT2D eigenvalue weighted by atomic mass is 10.2. The molecule has 3 aliphatic heterocycles. The molecular weight excluding hydrogens is 329 g/mol. The van der Waals surface area contributed by atoms with Crippen LogP contribution in [0.25, 0.3) is 10.4 Å². The molecule has 0 saturated carbocycles. The molecule has 8 nitrogen and oxygen atoms in total. The van der Waals surface area contributed by atoms with Gasteiger partial charge in [0, 0.05) is 18.0 Å². The number of rotatable bonds is 4. The van der Waals surface area contributed by atoms with Crippen molar-refractivity contribution >= 4 is 17.5 Å². The van der Waals surface area contributed by atoms with Crippen LogP contribution in [0.4, 0.5) is 20.6 Å². The highest BCUT2D eigenvalue weighted by Gasteiger charge is 2.35. The monoisotopic (exact) mass is 347 g/mol. The summed E-state index contributed by atoms with van der Waals surface area (Å²) in [6, 6.07) is 4.76. The largest absolute Gasteiger partial charge is 0.444 e. The van der Waals surface area contributed by atoms with Crippen molar-refractivity contribution in [3.8, 4) is 0 Å². The fourth-order valence-corrected chi connectivity index (χ4v) is 3.69. The number of amides is 1. The Morgan fingerprint density at radius 1 is 1.28 bits per heavy atom. The van der Waals surface area contributed by atoms with Crippen molar-refractivity contribution in [1.29, 1.82) is 0 Å². The highest BCUT2D eigenvalue weighted by molar-refractivity contribution is 5.90. The van der Waals surface area contributed by atoms with E-state index in [1.165, 1.54) is 11.0 Å². The van der Waals surface area contributed by atoms with E-state index in [9.17, 15) is 9.18 Å². The van der Waals surface area contributed by atoms with E-state index in [0.29, 0.717) is 24.5 Å². The molecular formula is C16H18FN5O3. The maximum Gasteiger partial charge on any atom is 0.414 e. The summed E-state index contributed by atoms with van der Waals surface area (Å²) in [7, 11) is 0. The third kappa shape index (κ3) is 3.08. The second kappa shape index (κ2) is 6.42. The molecule has 3 atom stereocenters. The number of azide groups is 1. The summed E-state index contributed by atoms with van der Waals surface area (Å²) in [4.78, 5) is 18.0. The Balaban J connectivity index is 1.50. The summed E-state index contributed by atoms with van der Waals surface area (Å²) < 4.78 is 25.6. The van der Waals surface area contributed by atoms with Crippen LogP contribution in [0.15, 0.2) is 23.3 Å². The topological polar surface area (TPSA) is 90.8 Å². The summed E-state index contributed by atoms with van der Waals surface area (Å²) in [5.41, 5.74) is 9.31. The van der Waals surface area contributed by atoms with Crippen molar-refractivity contribution in [2.45, 2.75) is 31.2 Å². The molecule has 132 valence electrons. The zero-order valence-corrected chi connectivity index (χ0v) is 13.5. The van der Waals surface area contributed by atoms with Gasteiger partial charge in [0.2, 0.25) is 0 Å². The summed E-state index contributed by atoms with van der Waals surface area (Å²) >= 11 is 0. The standard InChI is InChI=1S/C16H18FN5O3/c17-14-5-10(22-9-13(6-19-20-18)25-16(22)23)1-4-15(14)21-7-11-2-3-12(8-21)24-11/h1,4-5,11-13H,2-3,6-9H2/t11?,12?,13-/m0/s1. The number of carbonyl (C=O) groups is 1. The summed E-state index contributed by atoms with van der Waals surface area (Å²) in [6.07, 6.45) is 1.32. The fourth-order valence-electron chi connectivity index (χ4n) is 3.69. The minimum atomic E-state index is -0.560. The normalized spacial score (nSPS) is 28.0. The molecule has 0 N–H and O–H groups in total. The van der Waals surface area contributed by atoms with Crippen LogP contribution >= 0.6 is 0 Å². The van der Waals surface area contributed by atoms with E-state index in [-0.39, 0.29) is 31.1 Å². The number of hydrogen-bond acceptors (Lipinski definition) is 5. The predicted octanol–water partition coefficient (Wildman–Crippen LogP) is 2.83. The average Bonchev–Trinajstić information content (AvgIpc) is 3.14. The van der Waals surface area contributed by atoms with Gasteiger partial charge in [0.25, 0.3) is 0 Å². The predicted molar refractivity (Wildman–Crippen MR) is 88.1 cm³/mol. The number of ether oxygens (including phenoxy) is 2. The maximum absolute atomic E-state index is 14.7. The van der Waals surface area contributed by atoms with E-state index in [1.807, 2.05) is 4.90 Å². The van der Waals surface area contributed by atoms with E-state index in [0.717, 1.165) is 12.8 Å². The zero-order chi connectivity index (χ0) is 17.4. The first-order chi connectivity index (χ1) is 12.1. The first-order valence-corrected chi connectivity index (χ1v) is 8.33. The highest BCUT2D eigenvalue weighted by Crippen LogP contribution is 2.33. The lowest BCUT2D eigenvalue weighted by molar-refractivity contribution is 0.0303. The summed E-state index contributed by atoms with van der Waals surface area (Å²) in [5.74, 6) is -0.370. The molecule has 3 saturated heterocycles. The smallest absolute Gasteiger partial charge is 0.414 e. The molecule has 3 aliphatic rings. The molecule has 0 spiro atoms. The number of carbonyl (C=O) groups excluding carboxylic acids is 1. The first kappa shape index (κ1) is 16.0. The lowest BCUT2D eigenvalue weighted by Crippen LogP contribution is -2.43. The van der Waals surface area contributed by atoms with Crippen molar-refractivity contribution in [3.05, 3.63) is 34.5 Å². The number of cyclic esters (lactones) is 1. The molecule has 1 amide bonds. The van der Waals surface area contributed by atoms with E-state index < -0.39 is 12.2 Å². The van der Waals surface area contributed by atoms with Gasteiger partial charge in [-0.3, -0.25) is 4.90 Å². The lowest BCUT2D eigenvalue weighted by Gasteiger charge is -2.34. The minimum absolute atomic E-state index is 0.0653. The second-order valence-electron chi connectivity index (χ2n) is 6.53. The van der Waals surface area contributed by atoms with E-state index in [1.54, 1.807) is 12.1 Å². The number of halogens is 1. The number of morpholine rings is 1. The maximum atomic E-state index is 14.7. The van der Waals surface area contributed by atoms with Crippen molar-refractivity contribution in [3.63, 3.8) is 0 Å². The number of nitrogens with zero attached hydrogens (tertiary/aromatic N) is 5. The van der Waals surface area contributed by atoms with Crippen LogP contribution in [0.3, 0.4) is 0 Å². The van der Waals surface area contributed by atoms with E-state index in [2.05, 4.69) is 10.0 Å². The number of benzene rings is 1. The van der Waals surface area contributed by atoms with Crippen LogP contribution in [0.2, 0.25) is 0 Å². The molecule has 0 aliphatic carbocycles. The molecule has 25 heavy (non-hydrogen) atoms. The van der Waals surface area contributed by atoms with Crippen molar-refractivity contribution in [1.82, 2.24) is 0 Å². The van der Waals surface area contributed by atoms with Gasteiger partial charge < -0.3 is 14.4 Å². The molecule has 2 unspecified atom stereocenters. The first-order valence-electron chi connectivity index (χ1n) is 8.33. The minimum Gasteiger partial charge on any atom is -0.444 e. The Kier molecular flexibility index (Phi) is 4.10. The quantitative estimate of drug-likeness (QED) is 0.476. The molecule has 0 aromatic heterocycles. The zero-order valence-electron chi connectivity index (χ0n) is 13.5. The van der Waals surface area contributed by atoms with Crippen LogP contribution in [-0.4, -0.2) is 50.6 Å². The van der Waals surface area contributed by atoms with Gasteiger partial charge in [-0.25, -0.2) is 9.18 Å². The number of hydrogen-bond donors (Lipinski definition) is 0. The third-order valence-corrected chi connectivity index (χ3v) is 4.85. The Labute approximate surface area is 143 Å². The molecule has 1 aromatic rings. The van der Waals surface area contributed by atoms with Crippen molar-refractivity contribution in [2.24, 2.45) is 5.11 Å². The van der Waals surface area contributed by atoms with Crippen LogP contribution in [-0.2, 0) is 9.47 Å². The van der Waals surface area contributed by atoms with E-state index >= 15 is 0 Å². The summed E-state index contributed by atoms with van der Waals surface area (Å²) in [5, 5.41) is 3.41. The number of anilines is 2. The van der Waals surface area contributed by atoms with Crippen molar-refractivity contribution in [2.75, 3.05) is 36.0 Å². The van der Waals surface area contributed by atoms with Gasteiger partial charge in [0.15, 0.2) is 0 Å². The Morgan fingerprint density at radius 2 is 2.04 bits per heavy atom. The SMILES string of the molecule is [N-]=[N+]=NC[C@H]1CN(c2ccc(N3CC4CCC(C3)O4)c(F)c2)C(=O)O1. The summed E-state index contributed by atoms with van der Waals surface area (Å²) in [6.45, 7) is 1.67. The van der Waals surface area contributed by atoms with Crippen LogP contribution in [0, 0.1) is 5.82 Å². The highest BCUT2D eigenvalue weighted by atomic mass is 19.1. The van der Waals surface area contributed by atoms with Gasteiger partial charge >= 0.3 is 6.09 Å². The Bertz CT molecular complexity index is 726. The van der Waals surface area contributed by atoms with Crippen molar-refractivity contribution < 1.29 is 18.7 Å². The van der Waals surface area contributed by atoms with Crippen LogP contribution in [0.5, 0.6) is 0 Å². The molecule has 9 heteroatoms. The van der Waals surface area contributed by atoms with Gasteiger partial charge in [-0.1, -0.05) is 5.11 Å². The second-order valence-corrected chi connectivity index (χ2v) is 6.53. The fraction of sp³-hybridized carbons (Fsp3) is 0.562. The van der Waals surface area contributed by atoms with Crippen LogP contribution in [0.1, 0.15) is 12.8 Å². The average molecular weight is 347 g/mol. The molecule has 4 rings (SSSR count). The van der Waals surface area contributed by atoms with Gasteiger partial charge in [-0.2, -0.15) is 0 Å². The van der Waals surface area contributed by atoms with E-state index in [4.69, 9.17) is 15.0 Å². The van der Waals surface area contributed by atoms with Gasteiger partial charge in [0.1, 0.15) is 11.9 Å². The molecule has 2 bridgehead atoms. The Hall–Kier alpha value is -2.51. The molecule has 0 radical (unpaired) electrons. The van der Waals surface area contributed by atoms with Gasteiger partial charge in [-0.05, 0) is 36.6 Å².